The van der Waals surface area contributed by atoms with Crippen LogP contribution in [0.3, 0.4) is 0 Å². The van der Waals surface area contributed by atoms with Crippen LogP contribution in [0.4, 0.5) is 0 Å². The molecule has 1 heterocycles. The van der Waals surface area contributed by atoms with Crippen LogP contribution in [0.2, 0.25) is 0 Å². The Bertz CT molecular complexity index is 511. The number of aliphatic hydroxyl groups excluding tert-OH is 1. The second-order valence-electron chi connectivity index (χ2n) is 4.69. The molecule has 0 saturated carbocycles. The van der Waals surface area contributed by atoms with Crippen LogP contribution in [0.5, 0.6) is 0 Å². The van der Waals surface area contributed by atoms with Gasteiger partial charge in [-0.15, -0.1) is 0 Å². The largest absolute Gasteiger partial charge is 0.394 e. The van der Waals surface area contributed by atoms with Crippen LogP contribution in [0.1, 0.15) is 12.0 Å². The number of benzene rings is 1. The minimum absolute atomic E-state index is 0.0614. The van der Waals surface area contributed by atoms with E-state index in [1.54, 1.807) is 12.5 Å². The van der Waals surface area contributed by atoms with Crippen LogP contribution >= 0.6 is 0 Å². The van der Waals surface area contributed by atoms with E-state index in [0.717, 1.165) is 5.56 Å². The molecule has 2 rings (SSSR count). The summed E-state index contributed by atoms with van der Waals surface area (Å²) in [6.07, 6.45) is 6.20. The summed E-state index contributed by atoms with van der Waals surface area (Å²) in [6.45, 7) is 0.529. The highest BCUT2D eigenvalue weighted by molar-refractivity contribution is 5.76. The lowest BCUT2D eigenvalue weighted by Crippen LogP contribution is -2.39. The van der Waals surface area contributed by atoms with Crippen molar-refractivity contribution in [3.8, 4) is 0 Å². The van der Waals surface area contributed by atoms with Crippen LogP contribution in [-0.2, 0) is 17.8 Å². The highest BCUT2D eigenvalue weighted by Gasteiger charge is 2.11. The molecule has 106 valence electrons. The number of nitrogens with zero attached hydrogens (tertiary/aromatic N) is 2. The third-order valence-corrected chi connectivity index (χ3v) is 3.07. The molecule has 0 saturated heterocycles. The Morgan fingerprint density at radius 2 is 2.15 bits per heavy atom. The molecule has 5 nitrogen and oxygen atoms in total. The second kappa shape index (κ2) is 7.45. The molecule has 5 heteroatoms. The van der Waals surface area contributed by atoms with Crippen molar-refractivity contribution in [2.24, 2.45) is 0 Å². The van der Waals surface area contributed by atoms with Crippen LogP contribution in [0.25, 0.3) is 0 Å². The highest BCUT2D eigenvalue weighted by atomic mass is 16.3. The van der Waals surface area contributed by atoms with E-state index in [1.165, 1.54) is 0 Å². The van der Waals surface area contributed by atoms with Crippen molar-refractivity contribution in [2.45, 2.75) is 25.4 Å². The van der Waals surface area contributed by atoms with Crippen LogP contribution in [-0.4, -0.2) is 33.2 Å². The molecule has 0 bridgehead atoms. The van der Waals surface area contributed by atoms with Gasteiger partial charge in [0.2, 0.25) is 5.91 Å². The first-order valence-electron chi connectivity index (χ1n) is 6.68. The van der Waals surface area contributed by atoms with Crippen molar-refractivity contribution in [1.29, 1.82) is 0 Å². The SMILES string of the molecule is O=C(CCn1ccnc1)N[C@@H](CO)Cc1ccccc1. The standard InChI is InChI=1S/C15H19N3O2/c19-11-14(10-13-4-2-1-3-5-13)17-15(20)6-8-18-9-7-16-12-18/h1-5,7,9,12,14,19H,6,8,10-11H2,(H,17,20)/t14-/m1/s1. The Hall–Kier alpha value is -2.14. The molecule has 20 heavy (non-hydrogen) atoms. The number of hydrogen-bond acceptors (Lipinski definition) is 3. The number of hydrogen-bond donors (Lipinski definition) is 2. The fourth-order valence-electron chi connectivity index (χ4n) is 2.01. The monoisotopic (exact) mass is 273 g/mol. The fourth-order valence-corrected chi connectivity index (χ4v) is 2.01. The van der Waals surface area contributed by atoms with Gasteiger partial charge in [-0.2, -0.15) is 0 Å². The minimum Gasteiger partial charge on any atom is -0.394 e. The molecule has 0 aliphatic carbocycles. The summed E-state index contributed by atoms with van der Waals surface area (Å²) in [5.41, 5.74) is 1.10. The molecule has 0 spiro atoms. The summed E-state index contributed by atoms with van der Waals surface area (Å²) < 4.78 is 1.85. The number of carbonyl (C=O) groups excluding carboxylic acids is 1. The fraction of sp³-hybridized carbons (Fsp3) is 0.333. The average Bonchev–Trinajstić information content (AvgIpc) is 2.99. The quantitative estimate of drug-likeness (QED) is 0.790. The summed E-state index contributed by atoms with van der Waals surface area (Å²) in [5, 5.41) is 12.2. The van der Waals surface area contributed by atoms with Crippen LogP contribution in [0.15, 0.2) is 49.1 Å². The van der Waals surface area contributed by atoms with Crippen LogP contribution in [0, 0.1) is 0 Å². The first-order chi connectivity index (χ1) is 9.78. The van der Waals surface area contributed by atoms with Gasteiger partial charge in [-0.1, -0.05) is 30.3 Å². The third kappa shape index (κ3) is 4.51. The van der Waals surface area contributed by atoms with E-state index in [1.807, 2.05) is 41.1 Å². The Balaban J connectivity index is 1.79. The topological polar surface area (TPSA) is 67.2 Å². The Morgan fingerprint density at radius 3 is 2.80 bits per heavy atom. The van der Waals surface area contributed by atoms with Crippen molar-refractivity contribution in [1.82, 2.24) is 14.9 Å². The van der Waals surface area contributed by atoms with Gasteiger partial charge in [-0.3, -0.25) is 4.79 Å². The summed E-state index contributed by atoms with van der Waals surface area (Å²) in [7, 11) is 0. The van der Waals surface area contributed by atoms with E-state index in [-0.39, 0.29) is 18.6 Å². The summed E-state index contributed by atoms with van der Waals surface area (Å²) in [6, 6.07) is 9.57. The van der Waals surface area contributed by atoms with E-state index in [9.17, 15) is 9.90 Å². The molecular formula is C15H19N3O2. The molecule has 1 amide bonds. The third-order valence-electron chi connectivity index (χ3n) is 3.07. The number of carbonyl (C=O) groups is 1. The zero-order chi connectivity index (χ0) is 14.2. The van der Waals surface area contributed by atoms with Gasteiger partial charge in [-0.05, 0) is 12.0 Å². The van der Waals surface area contributed by atoms with Crippen molar-refractivity contribution >= 4 is 5.91 Å². The molecular weight excluding hydrogens is 254 g/mol. The molecule has 0 unspecified atom stereocenters. The van der Waals surface area contributed by atoms with E-state index in [4.69, 9.17) is 0 Å². The first-order valence-corrected chi connectivity index (χ1v) is 6.68. The van der Waals surface area contributed by atoms with Gasteiger partial charge in [0, 0.05) is 25.4 Å². The maximum absolute atomic E-state index is 11.8. The molecule has 2 aromatic rings. The minimum atomic E-state index is -0.243. The lowest BCUT2D eigenvalue weighted by atomic mass is 10.1. The predicted octanol–water partition coefficient (Wildman–Crippen LogP) is 0.993. The number of aliphatic hydroxyl groups is 1. The lowest BCUT2D eigenvalue weighted by Gasteiger charge is -2.16. The number of nitrogens with one attached hydrogen (secondary N) is 1. The molecule has 0 aliphatic heterocycles. The molecule has 1 aromatic heterocycles. The molecule has 1 atom stereocenters. The molecule has 0 aliphatic rings. The predicted molar refractivity (Wildman–Crippen MR) is 76.0 cm³/mol. The van der Waals surface area contributed by atoms with Crippen molar-refractivity contribution in [3.63, 3.8) is 0 Å². The summed E-state index contributed by atoms with van der Waals surface area (Å²) in [5.74, 6) is -0.0614. The number of aryl methyl sites for hydroxylation is 1. The first kappa shape index (κ1) is 14.3. The number of amides is 1. The smallest absolute Gasteiger partial charge is 0.222 e. The second-order valence-corrected chi connectivity index (χ2v) is 4.69. The summed E-state index contributed by atoms with van der Waals surface area (Å²) >= 11 is 0. The van der Waals surface area contributed by atoms with Crippen molar-refractivity contribution < 1.29 is 9.90 Å². The molecule has 1 aromatic carbocycles. The molecule has 0 fully saturated rings. The maximum Gasteiger partial charge on any atom is 0.222 e. The zero-order valence-electron chi connectivity index (χ0n) is 11.3. The van der Waals surface area contributed by atoms with Gasteiger partial charge in [0.15, 0.2) is 0 Å². The van der Waals surface area contributed by atoms with Gasteiger partial charge in [-0.25, -0.2) is 4.98 Å². The number of aromatic nitrogens is 2. The molecule has 0 radical (unpaired) electrons. The number of rotatable bonds is 7. The van der Waals surface area contributed by atoms with E-state index < -0.39 is 0 Å². The van der Waals surface area contributed by atoms with Crippen molar-refractivity contribution in [3.05, 3.63) is 54.6 Å². The Kier molecular flexibility index (Phi) is 5.32. The van der Waals surface area contributed by atoms with Gasteiger partial charge in [0.25, 0.3) is 0 Å². The summed E-state index contributed by atoms with van der Waals surface area (Å²) in [4.78, 5) is 15.8. The number of imidazole rings is 1. The lowest BCUT2D eigenvalue weighted by molar-refractivity contribution is -0.122. The molecule has 2 N–H and O–H groups in total. The van der Waals surface area contributed by atoms with Gasteiger partial charge < -0.3 is 15.0 Å². The normalized spacial score (nSPS) is 12.1. The maximum atomic E-state index is 11.8. The van der Waals surface area contributed by atoms with Crippen molar-refractivity contribution in [2.75, 3.05) is 6.61 Å². The van der Waals surface area contributed by atoms with Gasteiger partial charge in [0.05, 0.1) is 19.0 Å². The van der Waals surface area contributed by atoms with Gasteiger partial charge in [0.1, 0.15) is 0 Å². The van der Waals surface area contributed by atoms with E-state index in [0.29, 0.717) is 19.4 Å². The zero-order valence-corrected chi connectivity index (χ0v) is 11.3. The Labute approximate surface area is 118 Å². The average molecular weight is 273 g/mol. The Morgan fingerprint density at radius 1 is 1.35 bits per heavy atom. The van der Waals surface area contributed by atoms with Gasteiger partial charge >= 0.3 is 0 Å². The van der Waals surface area contributed by atoms with Crippen LogP contribution < -0.4 is 5.32 Å². The van der Waals surface area contributed by atoms with E-state index in [2.05, 4.69) is 10.3 Å². The highest BCUT2D eigenvalue weighted by Crippen LogP contribution is 2.03. The van der Waals surface area contributed by atoms with E-state index >= 15 is 0 Å².